The fourth-order valence-electron chi connectivity index (χ4n) is 1.32. The van der Waals surface area contributed by atoms with E-state index in [1.165, 1.54) is 11.3 Å². The van der Waals surface area contributed by atoms with Crippen molar-refractivity contribution in [2.75, 3.05) is 11.6 Å². The van der Waals surface area contributed by atoms with Crippen molar-refractivity contribution >= 4 is 43.0 Å². The van der Waals surface area contributed by atoms with Crippen molar-refractivity contribution in [2.24, 2.45) is 0 Å². The minimum atomic E-state index is -3.26. The Bertz CT molecular complexity index is 559. The van der Waals surface area contributed by atoms with Gasteiger partial charge in [0.25, 0.3) is 0 Å². The average molecular weight is 276 g/mol. The number of rotatable bonds is 4. The van der Waals surface area contributed by atoms with Crippen LogP contribution in [0, 0.1) is 0 Å². The van der Waals surface area contributed by atoms with E-state index >= 15 is 0 Å². The number of para-hydroxylation sites is 1. The Labute approximate surface area is 103 Å². The second kappa shape index (κ2) is 4.69. The van der Waals surface area contributed by atoms with Gasteiger partial charge in [0.05, 0.1) is 16.0 Å². The summed E-state index contributed by atoms with van der Waals surface area (Å²) in [6, 6.07) is 7.40. The molecular weight excluding hydrogens is 266 g/mol. The Morgan fingerprint density at radius 2 is 2.06 bits per heavy atom. The number of halogens is 1. The zero-order chi connectivity index (χ0) is 11.6. The number of nitrogens with zero attached hydrogens (tertiary/aromatic N) is 1. The van der Waals surface area contributed by atoms with Crippen LogP contribution in [-0.2, 0) is 9.84 Å². The van der Waals surface area contributed by atoms with Crippen LogP contribution in [0.2, 0.25) is 0 Å². The van der Waals surface area contributed by atoms with E-state index in [1.54, 1.807) is 0 Å². The van der Waals surface area contributed by atoms with Crippen LogP contribution in [0.3, 0.4) is 0 Å². The van der Waals surface area contributed by atoms with Gasteiger partial charge < -0.3 is 0 Å². The van der Waals surface area contributed by atoms with Gasteiger partial charge in [0.2, 0.25) is 14.2 Å². The summed E-state index contributed by atoms with van der Waals surface area (Å²) in [4.78, 5) is 4.12. The molecular formula is C10H10ClNO2S2. The van der Waals surface area contributed by atoms with Crippen molar-refractivity contribution in [1.29, 1.82) is 0 Å². The lowest BCUT2D eigenvalue weighted by Crippen LogP contribution is -2.06. The zero-order valence-electron chi connectivity index (χ0n) is 8.39. The van der Waals surface area contributed by atoms with Crippen LogP contribution in [0.4, 0.5) is 0 Å². The molecule has 0 N–H and O–H groups in total. The van der Waals surface area contributed by atoms with Crippen LogP contribution in [0.15, 0.2) is 28.6 Å². The predicted molar refractivity (Wildman–Crippen MR) is 67.0 cm³/mol. The van der Waals surface area contributed by atoms with Gasteiger partial charge in [0.1, 0.15) is 0 Å². The summed E-state index contributed by atoms with van der Waals surface area (Å²) in [6.07, 6.45) is 0.458. The van der Waals surface area contributed by atoms with Gasteiger partial charge in [0.15, 0.2) is 0 Å². The highest BCUT2D eigenvalue weighted by Gasteiger charge is 2.18. The largest absolute Gasteiger partial charge is 0.225 e. The maximum atomic E-state index is 11.8. The van der Waals surface area contributed by atoms with Crippen molar-refractivity contribution in [2.45, 2.75) is 10.8 Å². The maximum Gasteiger partial charge on any atom is 0.210 e. The molecule has 2 aromatic rings. The number of hydrogen-bond donors (Lipinski definition) is 0. The Kier molecular flexibility index (Phi) is 3.47. The van der Waals surface area contributed by atoms with E-state index < -0.39 is 9.84 Å². The van der Waals surface area contributed by atoms with Gasteiger partial charge in [-0.25, -0.2) is 13.4 Å². The number of benzene rings is 1. The quantitative estimate of drug-likeness (QED) is 0.806. The van der Waals surface area contributed by atoms with Crippen LogP contribution in [0.25, 0.3) is 10.2 Å². The van der Waals surface area contributed by atoms with Crippen molar-refractivity contribution in [3.8, 4) is 0 Å². The molecule has 1 aromatic carbocycles. The Balaban J connectivity index is 2.40. The molecule has 1 heterocycles. The highest BCUT2D eigenvalue weighted by molar-refractivity contribution is 7.93. The van der Waals surface area contributed by atoms with Gasteiger partial charge in [0, 0.05) is 5.88 Å². The standard InChI is InChI=1S/C10H10ClNO2S2/c11-6-3-7-16(13,14)10-12-8-4-1-2-5-9(8)15-10/h1-2,4-5H,3,6-7H2. The van der Waals surface area contributed by atoms with E-state index in [2.05, 4.69) is 4.98 Å². The molecule has 0 bridgehead atoms. The first kappa shape index (κ1) is 11.8. The molecule has 0 amide bonds. The van der Waals surface area contributed by atoms with Crippen molar-refractivity contribution in [3.05, 3.63) is 24.3 Å². The molecule has 0 spiro atoms. The first-order chi connectivity index (χ1) is 7.63. The Hall–Kier alpha value is -0.650. The summed E-state index contributed by atoms with van der Waals surface area (Å²) in [6.45, 7) is 0. The number of aromatic nitrogens is 1. The molecule has 0 aliphatic heterocycles. The molecule has 0 aliphatic carbocycles. The number of hydrogen-bond acceptors (Lipinski definition) is 4. The van der Waals surface area contributed by atoms with E-state index in [4.69, 9.17) is 11.6 Å². The molecule has 6 heteroatoms. The molecule has 0 radical (unpaired) electrons. The summed E-state index contributed by atoms with van der Waals surface area (Å²) >= 11 is 6.70. The molecule has 2 rings (SSSR count). The smallest absolute Gasteiger partial charge is 0.210 e. The molecule has 0 aliphatic rings. The SMILES string of the molecule is O=S(=O)(CCCCl)c1nc2ccccc2s1. The monoisotopic (exact) mass is 275 g/mol. The van der Waals surface area contributed by atoms with E-state index in [0.717, 1.165) is 10.2 Å². The van der Waals surface area contributed by atoms with Gasteiger partial charge in [-0.2, -0.15) is 0 Å². The summed E-state index contributed by atoms with van der Waals surface area (Å²) in [5, 5.41) is 0. The van der Waals surface area contributed by atoms with Gasteiger partial charge >= 0.3 is 0 Å². The summed E-state index contributed by atoms with van der Waals surface area (Å²) in [5.74, 6) is 0.417. The molecule has 0 saturated heterocycles. The Morgan fingerprint density at radius 3 is 2.75 bits per heavy atom. The lowest BCUT2D eigenvalue weighted by Gasteiger charge is -1.96. The third-order valence-corrected chi connectivity index (χ3v) is 5.65. The Morgan fingerprint density at radius 1 is 1.31 bits per heavy atom. The number of thiazole rings is 1. The van der Waals surface area contributed by atoms with Gasteiger partial charge in [-0.05, 0) is 18.6 Å². The zero-order valence-corrected chi connectivity index (χ0v) is 10.8. The fraction of sp³-hybridized carbons (Fsp3) is 0.300. The third kappa shape index (κ3) is 2.36. The van der Waals surface area contributed by atoms with Crippen molar-refractivity contribution in [1.82, 2.24) is 4.98 Å². The number of sulfone groups is 1. The van der Waals surface area contributed by atoms with E-state index in [1.807, 2.05) is 24.3 Å². The molecule has 0 saturated carbocycles. The van der Waals surface area contributed by atoms with E-state index in [9.17, 15) is 8.42 Å². The number of alkyl halides is 1. The lowest BCUT2D eigenvalue weighted by molar-refractivity contribution is 0.594. The molecule has 0 unspecified atom stereocenters. The normalized spacial score (nSPS) is 12.1. The van der Waals surface area contributed by atoms with Crippen LogP contribution in [-0.4, -0.2) is 25.0 Å². The van der Waals surface area contributed by atoms with Gasteiger partial charge in [-0.1, -0.05) is 12.1 Å². The molecule has 0 atom stereocenters. The molecule has 3 nitrogen and oxygen atoms in total. The van der Waals surface area contributed by atoms with Crippen LogP contribution in [0.1, 0.15) is 6.42 Å². The van der Waals surface area contributed by atoms with Gasteiger partial charge in [-0.3, -0.25) is 0 Å². The second-order valence-corrected chi connectivity index (χ2v) is 7.00. The molecule has 0 fully saturated rings. The minimum Gasteiger partial charge on any atom is -0.225 e. The van der Waals surface area contributed by atoms with Crippen molar-refractivity contribution in [3.63, 3.8) is 0 Å². The summed E-state index contributed by atoms with van der Waals surface area (Å²) in [5.41, 5.74) is 0.733. The molecule has 86 valence electrons. The van der Waals surface area contributed by atoms with Crippen LogP contribution in [0.5, 0.6) is 0 Å². The van der Waals surface area contributed by atoms with Gasteiger partial charge in [-0.15, -0.1) is 22.9 Å². The third-order valence-electron chi connectivity index (χ3n) is 2.09. The first-order valence-electron chi connectivity index (χ1n) is 4.78. The number of fused-ring (bicyclic) bond motifs is 1. The topological polar surface area (TPSA) is 47.0 Å². The van der Waals surface area contributed by atoms with E-state index in [-0.39, 0.29) is 10.1 Å². The summed E-state index contributed by atoms with van der Waals surface area (Å²) in [7, 11) is -3.26. The highest BCUT2D eigenvalue weighted by atomic mass is 35.5. The minimum absolute atomic E-state index is 0.0658. The van der Waals surface area contributed by atoms with Crippen LogP contribution >= 0.6 is 22.9 Å². The fourth-order valence-corrected chi connectivity index (χ4v) is 4.27. The lowest BCUT2D eigenvalue weighted by atomic mass is 10.3. The maximum absolute atomic E-state index is 11.8. The average Bonchev–Trinajstić information content (AvgIpc) is 2.71. The first-order valence-corrected chi connectivity index (χ1v) is 7.78. The predicted octanol–water partition coefficient (Wildman–Crippen LogP) is 2.70. The van der Waals surface area contributed by atoms with Crippen molar-refractivity contribution < 1.29 is 8.42 Å². The molecule has 1 aromatic heterocycles. The van der Waals surface area contributed by atoms with Crippen LogP contribution < -0.4 is 0 Å². The second-order valence-electron chi connectivity index (χ2n) is 3.31. The molecule has 16 heavy (non-hydrogen) atoms. The summed E-state index contributed by atoms with van der Waals surface area (Å²) < 4.78 is 24.8. The highest BCUT2D eigenvalue weighted by Crippen LogP contribution is 2.25. The van der Waals surface area contributed by atoms with E-state index in [0.29, 0.717) is 12.3 Å².